The van der Waals surface area contributed by atoms with Crippen molar-refractivity contribution in [3.63, 3.8) is 0 Å². The highest BCUT2D eigenvalue weighted by Crippen LogP contribution is 2.26. The van der Waals surface area contributed by atoms with Gasteiger partial charge in [-0.25, -0.2) is 8.42 Å². The molecule has 6 heteroatoms. The number of aryl methyl sites for hydroxylation is 3. The Bertz CT molecular complexity index is 983. The lowest BCUT2D eigenvalue weighted by atomic mass is 9.88. The Morgan fingerprint density at radius 3 is 2.46 bits per heavy atom. The summed E-state index contributed by atoms with van der Waals surface area (Å²) in [6.45, 7) is 3.85. The zero-order chi connectivity index (χ0) is 20.3. The quantitative estimate of drug-likeness (QED) is 0.766. The van der Waals surface area contributed by atoms with Gasteiger partial charge in [-0.3, -0.25) is 9.52 Å². The van der Waals surface area contributed by atoms with Crippen molar-refractivity contribution in [3.8, 4) is 0 Å². The molecule has 2 N–H and O–H groups in total. The van der Waals surface area contributed by atoms with Gasteiger partial charge in [-0.15, -0.1) is 0 Å². The molecule has 0 saturated carbocycles. The van der Waals surface area contributed by atoms with Crippen LogP contribution in [-0.2, 0) is 22.9 Å². The average molecular weight is 401 g/mol. The van der Waals surface area contributed by atoms with Crippen LogP contribution in [0.25, 0.3) is 0 Å². The van der Waals surface area contributed by atoms with Crippen molar-refractivity contribution in [2.24, 2.45) is 0 Å². The van der Waals surface area contributed by atoms with Crippen LogP contribution in [0.5, 0.6) is 0 Å². The lowest BCUT2D eigenvalue weighted by Gasteiger charge is -2.22. The highest BCUT2D eigenvalue weighted by Gasteiger charge is 2.18. The number of amides is 1. The van der Waals surface area contributed by atoms with Crippen LogP contribution in [-0.4, -0.2) is 20.6 Å². The van der Waals surface area contributed by atoms with Crippen LogP contribution in [0.15, 0.2) is 36.4 Å². The Balaban J connectivity index is 1.80. The van der Waals surface area contributed by atoms with E-state index < -0.39 is 10.0 Å². The van der Waals surface area contributed by atoms with Crippen molar-refractivity contribution >= 4 is 21.6 Å². The van der Waals surface area contributed by atoms with Gasteiger partial charge in [0.25, 0.3) is 5.91 Å². The Kier molecular flexibility index (Phi) is 6.08. The van der Waals surface area contributed by atoms with E-state index in [4.69, 9.17) is 0 Å². The molecule has 0 unspecified atom stereocenters. The Morgan fingerprint density at radius 1 is 1.07 bits per heavy atom. The summed E-state index contributed by atoms with van der Waals surface area (Å²) in [7, 11) is -3.40. The van der Waals surface area contributed by atoms with Crippen molar-refractivity contribution in [1.29, 1.82) is 0 Å². The van der Waals surface area contributed by atoms with Crippen LogP contribution in [0.4, 0.5) is 5.69 Å². The molecule has 3 rings (SSSR count). The lowest BCUT2D eigenvalue weighted by Crippen LogP contribution is -2.28. The van der Waals surface area contributed by atoms with Crippen LogP contribution < -0.4 is 10.0 Å². The molecule has 0 heterocycles. The number of carbonyl (C=O) groups is 1. The number of sulfonamides is 1. The second-order valence-corrected chi connectivity index (χ2v) is 9.32. The van der Waals surface area contributed by atoms with Gasteiger partial charge < -0.3 is 5.32 Å². The molecule has 0 radical (unpaired) electrons. The largest absolute Gasteiger partial charge is 0.345 e. The predicted molar refractivity (Wildman–Crippen MR) is 113 cm³/mol. The highest BCUT2D eigenvalue weighted by molar-refractivity contribution is 7.92. The first-order valence-electron chi connectivity index (χ1n) is 9.78. The standard InChI is InChI=1S/C22H28N2O3S/c1-4-20(18-12-11-16-7-5-6-8-17(16)13-18)23-22(25)19-10-9-15(2)21(14-19)24-28(3,26)27/h9-14,20,24H,4-8H2,1-3H3,(H,23,25)/t20-/m1/s1. The number of fused-ring (bicyclic) bond motifs is 1. The van der Waals surface area contributed by atoms with Crippen LogP contribution in [0, 0.1) is 6.92 Å². The van der Waals surface area contributed by atoms with Gasteiger partial charge in [0.15, 0.2) is 0 Å². The summed E-state index contributed by atoms with van der Waals surface area (Å²) < 4.78 is 25.6. The van der Waals surface area contributed by atoms with E-state index in [1.165, 1.54) is 24.0 Å². The topological polar surface area (TPSA) is 75.3 Å². The molecule has 0 spiro atoms. The van der Waals surface area contributed by atoms with Crippen molar-refractivity contribution in [1.82, 2.24) is 5.32 Å². The smallest absolute Gasteiger partial charge is 0.251 e. The molecule has 0 bridgehead atoms. The van der Waals surface area contributed by atoms with Crippen LogP contribution in [0.2, 0.25) is 0 Å². The van der Waals surface area contributed by atoms with E-state index in [2.05, 4.69) is 35.2 Å². The molecule has 1 aliphatic rings. The number of hydrogen-bond donors (Lipinski definition) is 2. The zero-order valence-electron chi connectivity index (χ0n) is 16.7. The Labute approximate surface area is 167 Å². The summed E-state index contributed by atoms with van der Waals surface area (Å²) in [6, 6.07) is 11.5. The van der Waals surface area contributed by atoms with Gasteiger partial charge in [0.2, 0.25) is 10.0 Å². The van der Waals surface area contributed by atoms with Crippen LogP contribution in [0.3, 0.4) is 0 Å². The van der Waals surface area contributed by atoms with Crippen LogP contribution in [0.1, 0.15) is 64.8 Å². The van der Waals surface area contributed by atoms with Crippen molar-refractivity contribution in [3.05, 3.63) is 64.2 Å². The fourth-order valence-corrected chi connectivity index (χ4v) is 4.33. The van der Waals surface area contributed by atoms with Crippen molar-refractivity contribution < 1.29 is 13.2 Å². The molecule has 1 aliphatic carbocycles. The molecule has 2 aromatic rings. The number of benzene rings is 2. The first-order valence-corrected chi connectivity index (χ1v) is 11.7. The Hall–Kier alpha value is -2.34. The van der Waals surface area contributed by atoms with E-state index in [-0.39, 0.29) is 11.9 Å². The minimum Gasteiger partial charge on any atom is -0.345 e. The molecule has 150 valence electrons. The first-order chi connectivity index (χ1) is 13.3. The summed E-state index contributed by atoms with van der Waals surface area (Å²) in [4.78, 5) is 12.8. The van der Waals surface area contributed by atoms with E-state index >= 15 is 0 Å². The molecule has 0 aromatic heterocycles. The molecular weight excluding hydrogens is 372 g/mol. The molecule has 28 heavy (non-hydrogen) atoms. The van der Waals surface area contributed by atoms with Gasteiger partial charge in [-0.1, -0.05) is 31.2 Å². The lowest BCUT2D eigenvalue weighted by molar-refractivity contribution is 0.0935. The number of anilines is 1. The average Bonchev–Trinajstić information content (AvgIpc) is 2.66. The first kappa shape index (κ1) is 20.4. The fraction of sp³-hybridized carbons (Fsp3) is 0.409. The van der Waals surface area contributed by atoms with Gasteiger partial charge in [-0.05, 0) is 73.4 Å². The number of hydrogen-bond acceptors (Lipinski definition) is 3. The maximum absolute atomic E-state index is 12.8. The number of nitrogens with one attached hydrogen (secondary N) is 2. The van der Waals surface area contributed by atoms with E-state index in [0.29, 0.717) is 11.3 Å². The third kappa shape index (κ3) is 4.93. The van der Waals surface area contributed by atoms with Gasteiger partial charge in [0, 0.05) is 5.56 Å². The van der Waals surface area contributed by atoms with Gasteiger partial charge in [0.1, 0.15) is 0 Å². The molecular formula is C22H28N2O3S. The number of rotatable bonds is 6. The molecule has 1 atom stereocenters. The van der Waals surface area contributed by atoms with E-state index in [0.717, 1.165) is 36.6 Å². The SMILES string of the molecule is CC[C@@H](NC(=O)c1ccc(C)c(NS(C)(=O)=O)c1)c1ccc2c(c1)CCCC2. The summed E-state index contributed by atoms with van der Waals surface area (Å²) >= 11 is 0. The fourth-order valence-electron chi connectivity index (χ4n) is 3.71. The molecule has 0 fully saturated rings. The third-order valence-electron chi connectivity index (χ3n) is 5.28. The van der Waals surface area contributed by atoms with Gasteiger partial charge in [0.05, 0.1) is 18.0 Å². The Morgan fingerprint density at radius 2 is 1.79 bits per heavy atom. The minimum atomic E-state index is -3.40. The third-order valence-corrected chi connectivity index (χ3v) is 5.87. The van der Waals surface area contributed by atoms with Gasteiger partial charge in [-0.2, -0.15) is 0 Å². The molecule has 0 aliphatic heterocycles. The molecule has 0 saturated heterocycles. The molecule has 5 nitrogen and oxygen atoms in total. The normalized spacial score (nSPS) is 14.8. The zero-order valence-corrected chi connectivity index (χ0v) is 17.5. The van der Waals surface area contributed by atoms with E-state index in [1.54, 1.807) is 25.1 Å². The second-order valence-electron chi connectivity index (χ2n) is 7.57. The molecule has 2 aromatic carbocycles. The number of carbonyl (C=O) groups excluding carboxylic acids is 1. The maximum atomic E-state index is 12.8. The maximum Gasteiger partial charge on any atom is 0.251 e. The summed E-state index contributed by atoms with van der Waals surface area (Å²) in [5, 5.41) is 3.10. The van der Waals surface area contributed by atoms with Crippen LogP contribution >= 0.6 is 0 Å². The minimum absolute atomic E-state index is 0.0765. The van der Waals surface area contributed by atoms with E-state index in [1.807, 2.05) is 0 Å². The van der Waals surface area contributed by atoms with Crippen molar-refractivity contribution in [2.45, 2.75) is 52.0 Å². The molecule has 1 amide bonds. The summed E-state index contributed by atoms with van der Waals surface area (Å²) in [6.07, 6.45) is 6.59. The van der Waals surface area contributed by atoms with E-state index in [9.17, 15) is 13.2 Å². The summed E-state index contributed by atoms with van der Waals surface area (Å²) in [5.41, 5.74) is 5.57. The summed E-state index contributed by atoms with van der Waals surface area (Å²) in [5.74, 6) is -0.207. The highest BCUT2D eigenvalue weighted by atomic mass is 32.2. The van der Waals surface area contributed by atoms with Crippen molar-refractivity contribution in [2.75, 3.05) is 11.0 Å². The predicted octanol–water partition coefficient (Wildman–Crippen LogP) is 4.13. The van der Waals surface area contributed by atoms with Gasteiger partial charge >= 0.3 is 0 Å². The monoisotopic (exact) mass is 400 g/mol. The second kappa shape index (κ2) is 8.35.